The van der Waals surface area contributed by atoms with Gasteiger partial charge in [0.1, 0.15) is 0 Å². The van der Waals surface area contributed by atoms with Gasteiger partial charge in [0.25, 0.3) is 0 Å². The molecule has 92 valence electrons. The molecular formula is C13H19N3O. The topological polar surface area (TPSA) is 41.3 Å². The van der Waals surface area contributed by atoms with Gasteiger partial charge in [-0.05, 0) is 37.8 Å². The average molecular weight is 233 g/mol. The summed E-state index contributed by atoms with van der Waals surface area (Å²) >= 11 is 0. The highest BCUT2D eigenvalue weighted by molar-refractivity contribution is 5.35. The Hall–Kier alpha value is -0.870. The van der Waals surface area contributed by atoms with Gasteiger partial charge in [0.15, 0.2) is 0 Å². The summed E-state index contributed by atoms with van der Waals surface area (Å²) in [7, 11) is 2.01. The summed E-state index contributed by atoms with van der Waals surface area (Å²) in [6.45, 7) is 1.49. The fourth-order valence-corrected chi connectivity index (χ4v) is 4.47. The van der Waals surface area contributed by atoms with Gasteiger partial charge in [0.05, 0.1) is 12.3 Å². The van der Waals surface area contributed by atoms with Gasteiger partial charge in [-0.25, -0.2) is 0 Å². The molecule has 4 heteroatoms. The van der Waals surface area contributed by atoms with Crippen LogP contribution in [0, 0.1) is 0 Å². The molecule has 3 aliphatic rings. The lowest BCUT2D eigenvalue weighted by atomic mass is 9.89. The normalized spacial score (nSPS) is 39.4. The maximum Gasteiger partial charge on any atom is 0.0704 e. The zero-order valence-electron chi connectivity index (χ0n) is 10.3. The van der Waals surface area contributed by atoms with Gasteiger partial charge < -0.3 is 5.11 Å². The Morgan fingerprint density at radius 2 is 2.47 bits per heavy atom. The average Bonchev–Trinajstić information content (AvgIpc) is 2.96. The van der Waals surface area contributed by atoms with E-state index in [1.165, 1.54) is 24.1 Å². The first kappa shape index (κ1) is 10.1. The standard InChI is InChI=1S/C13H19N3O/c1-15-7-9-5-11-10(12(9)14-15)6-13(8-17)3-2-4-16(11)13/h7,10-11,17H,2-6,8H2,1H3. The predicted molar refractivity (Wildman–Crippen MR) is 63.8 cm³/mol. The molecular weight excluding hydrogens is 214 g/mol. The lowest BCUT2D eigenvalue weighted by Gasteiger charge is -2.32. The molecule has 17 heavy (non-hydrogen) atoms. The van der Waals surface area contributed by atoms with Crippen LogP contribution in [0.1, 0.15) is 36.4 Å². The fourth-order valence-electron chi connectivity index (χ4n) is 4.47. The second-order valence-electron chi connectivity index (χ2n) is 5.97. The van der Waals surface area contributed by atoms with E-state index in [0.717, 1.165) is 19.4 Å². The van der Waals surface area contributed by atoms with Crippen LogP contribution in [-0.2, 0) is 13.5 Å². The molecule has 1 aliphatic carbocycles. The van der Waals surface area contributed by atoms with Crippen molar-refractivity contribution in [2.45, 2.75) is 43.2 Å². The van der Waals surface area contributed by atoms with E-state index < -0.39 is 0 Å². The predicted octanol–water partition coefficient (Wildman–Crippen LogP) is 0.659. The van der Waals surface area contributed by atoms with Gasteiger partial charge in [-0.1, -0.05) is 0 Å². The van der Waals surface area contributed by atoms with Gasteiger partial charge in [0.2, 0.25) is 0 Å². The number of aliphatic hydroxyl groups excluding tert-OH is 1. The summed E-state index contributed by atoms with van der Waals surface area (Å²) in [5, 5.41) is 14.4. The first-order valence-corrected chi connectivity index (χ1v) is 6.63. The third-order valence-electron chi connectivity index (χ3n) is 5.13. The molecule has 0 saturated carbocycles. The van der Waals surface area contributed by atoms with Crippen molar-refractivity contribution in [2.24, 2.45) is 7.05 Å². The van der Waals surface area contributed by atoms with Crippen LogP contribution in [0.3, 0.4) is 0 Å². The summed E-state index contributed by atoms with van der Waals surface area (Å²) in [5.74, 6) is 0.568. The van der Waals surface area contributed by atoms with Gasteiger partial charge in [-0.2, -0.15) is 5.10 Å². The molecule has 0 amide bonds. The van der Waals surface area contributed by atoms with Crippen LogP contribution in [0.5, 0.6) is 0 Å². The van der Waals surface area contributed by atoms with Gasteiger partial charge in [-0.15, -0.1) is 0 Å². The third-order valence-corrected chi connectivity index (χ3v) is 5.13. The van der Waals surface area contributed by atoms with E-state index in [2.05, 4.69) is 16.2 Å². The fraction of sp³-hybridized carbons (Fsp3) is 0.769. The van der Waals surface area contributed by atoms with Gasteiger partial charge >= 0.3 is 0 Å². The van der Waals surface area contributed by atoms with Crippen LogP contribution in [0.2, 0.25) is 0 Å². The molecule has 3 atom stereocenters. The first-order chi connectivity index (χ1) is 8.23. The second kappa shape index (κ2) is 3.12. The monoisotopic (exact) mass is 233 g/mol. The summed E-state index contributed by atoms with van der Waals surface area (Å²) in [5.41, 5.74) is 2.82. The Labute approximate surface area is 101 Å². The van der Waals surface area contributed by atoms with Crippen LogP contribution in [0.4, 0.5) is 0 Å². The Kier molecular flexibility index (Phi) is 1.85. The van der Waals surface area contributed by atoms with Gasteiger partial charge in [0, 0.05) is 30.7 Å². The molecule has 4 rings (SSSR count). The number of aromatic nitrogens is 2. The number of nitrogens with zero attached hydrogens (tertiary/aromatic N) is 3. The van der Waals surface area contributed by atoms with Crippen LogP contribution in [0.15, 0.2) is 6.20 Å². The highest BCUT2D eigenvalue weighted by Crippen LogP contribution is 2.53. The van der Waals surface area contributed by atoms with Crippen molar-refractivity contribution in [3.8, 4) is 0 Å². The largest absolute Gasteiger partial charge is 0.394 e. The highest BCUT2D eigenvalue weighted by atomic mass is 16.3. The molecule has 0 spiro atoms. The van der Waals surface area contributed by atoms with Crippen molar-refractivity contribution in [1.29, 1.82) is 0 Å². The summed E-state index contributed by atoms with van der Waals surface area (Å²) in [6, 6.07) is 0.614. The highest BCUT2D eigenvalue weighted by Gasteiger charge is 2.56. The number of fused-ring (bicyclic) bond motifs is 5. The Balaban J connectivity index is 1.74. The quantitative estimate of drug-likeness (QED) is 0.774. The van der Waals surface area contributed by atoms with E-state index in [1.807, 2.05) is 11.7 Å². The van der Waals surface area contributed by atoms with Crippen molar-refractivity contribution in [2.75, 3.05) is 13.2 Å². The maximum absolute atomic E-state index is 9.77. The molecule has 3 unspecified atom stereocenters. The number of aliphatic hydroxyl groups is 1. The third kappa shape index (κ3) is 1.13. The molecule has 4 nitrogen and oxygen atoms in total. The van der Waals surface area contributed by atoms with Crippen molar-refractivity contribution >= 4 is 0 Å². The van der Waals surface area contributed by atoms with Crippen molar-refractivity contribution < 1.29 is 5.11 Å². The summed E-state index contributed by atoms with van der Waals surface area (Å²) in [6.07, 6.45) is 6.83. The Morgan fingerprint density at radius 3 is 3.29 bits per heavy atom. The SMILES string of the molecule is Cn1cc2c(n1)C1CC3(CO)CCCN3C1C2. The minimum Gasteiger partial charge on any atom is -0.394 e. The molecule has 0 radical (unpaired) electrons. The second-order valence-corrected chi connectivity index (χ2v) is 5.97. The molecule has 3 heterocycles. The molecule has 2 saturated heterocycles. The maximum atomic E-state index is 9.77. The minimum absolute atomic E-state index is 0.0878. The number of hydrogen-bond donors (Lipinski definition) is 1. The smallest absolute Gasteiger partial charge is 0.0704 e. The van der Waals surface area contributed by atoms with Crippen LogP contribution in [-0.4, -0.2) is 44.5 Å². The zero-order valence-corrected chi connectivity index (χ0v) is 10.3. The Bertz CT molecular complexity index is 469. The van der Waals surface area contributed by atoms with Crippen LogP contribution in [0.25, 0.3) is 0 Å². The number of rotatable bonds is 1. The lowest BCUT2D eigenvalue weighted by molar-refractivity contribution is 0.0781. The van der Waals surface area contributed by atoms with Crippen LogP contribution >= 0.6 is 0 Å². The van der Waals surface area contributed by atoms with Crippen LogP contribution < -0.4 is 0 Å². The van der Waals surface area contributed by atoms with E-state index in [4.69, 9.17) is 0 Å². The summed E-state index contributed by atoms with van der Waals surface area (Å²) < 4.78 is 1.94. The summed E-state index contributed by atoms with van der Waals surface area (Å²) in [4.78, 5) is 2.58. The molecule has 1 aromatic heterocycles. The van der Waals surface area contributed by atoms with Crippen molar-refractivity contribution in [1.82, 2.24) is 14.7 Å². The van der Waals surface area contributed by atoms with Gasteiger partial charge in [-0.3, -0.25) is 9.58 Å². The van der Waals surface area contributed by atoms with E-state index >= 15 is 0 Å². The number of hydrogen-bond acceptors (Lipinski definition) is 3. The molecule has 2 aliphatic heterocycles. The molecule has 1 aromatic rings. The molecule has 0 aromatic carbocycles. The zero-order chi connectivity index (χ0) is 11.6. The Morgan fingerprint density at radius 1 is 1.59 bits per heavy atom. The molecule has 2 fully saturated rings. The van der Waals surface area contributed by atoms with E-state index in [-0.39, 0.29) is 5.54 Å². The minimum atomic E-state index is 0.0878. The van der Waals surface area contributed by atoms with Crippen molar-refractivity contribution in [3.05, 3.63) is 17.5 Å². The van der Waals surface area contributed by atoms with E-state index in [0.29, 0.717) is 18.6 Å². The molecule has 0 bridgehead atoms. The number of aryl methyl sites for hydroxylation is 1. The van der Waals surface area contributed by atoms with E-state index in [9.17, 15) is 5.11 Å². The van der Waals surface area contributed by atoms with Crippen molar-refractivity contribution in [3.63, 3.8) is 0 Å². The molecule has 1 N–H and O–H groups in total. The lowest BCUT2D eigenvalue weighted by Crippen LogP contribution is -2.45. The van der Waals surface area contributed by atoms with E-state index in [1.54, 1.807) is 0 Å². The first-order valence-electron chi connectivity index (χ1n) is 6.63.